The number of para-hydroxylation sites is 1. The number of alkyl halides is 2. The van der Waals surface area contributed by atoms with E-state index in [1.54, 1.807) is 0 Å². The summed E-state index contributed by atoms with van der Waals surface area (Å²) in [5, 5.41) is 0. The molecule has 0 spiro atoms. The number of halogens is 2. The maximum atomic E-state index is 11.8. The number of ether oxygens (including phenoxy) is 1. The number of hydrogen-bond acceptors (Lipinski definition) is 2. The second-order valence-electron chi connectivity index (χ2n) is 2.24. The molecule has 0 heterocycles. The van der Waals surface area contributed by atoms with E-state index in [1.807, 2.05) is 0 Å². The minimum atomic E-state index is -2.96. The summed E-state index contributed by atoms with van der Waals surface area (Å²) in [4.78, 5) is 10.7. The lowest BCUT2D eigenvalue weighted by Gasteiger charge is -2.06. The topological polar surface area (TPSA) is 52.3 Å². The molecule has 0 aliphatic rings. The minimum Gasteiger partial charge on any atom is -0.434 e. The highest BCUT2D eigenvalue weighted by Gasteiger charge is 2.11. The smallest absolute Gasteiger partial charge is 0.387 e. The Morgan fingerprint density at radius 3 is 2.54 bits per heavy atom. The molecule has 5 heteroatoms. The average molecular weight is 187 g/mol. The first-order valence-electron chi connectivity index (χ1n) is 3.45. The van der Waals surface area contributed by atoms with Gasteiger partial charge in [0.1, 0.15) is 5.75 Å². The average Bonchev–Trinajstić information content (AvgIpc) is 2.03. The Bertz CT molecular complexity index is 315. The predicted molar refractivity (Wildman–Crippen MR) is 41.6 cm³/mol. The Labute approximate surface area is 73.1 Å². The van der Waals surface area contributed by atoms with E-state index in [4.69, 9.17) is 5.73 Å². The highest BCUT2D eigenvalue weighted by molar-refractivity contribution is 5.95. The van der Waals surface area contributed by atoms with E-state index >= 15 is 0 Å². The van der Waals surface area contributed by atoms with Gasteiger partial charge in [-0.1, -0.05) is 12.1 Å². The summed E-state index contributed by atoms with van der Waals surface area (Å²) in [7, 11) is 0. The molecule has 0 saturated carbocycles. The summed E-state index contributed by atoms with van der Waals surface area (Å²) < 4.78 is 27.7. The Morgan fingerprint density at radius 2 is 2.00 bits per heavy atom. The predicted octanol–water partition coefficient (Wildman–Crippen LogP) is 1.39. The maximum absolute atomic E-state index is 11.8. The number of benzene rings is 1. The number of carbonyl (C=O) groups excluding carboxylic acids is 1. The van der Waals surface area contributed by atoms with Crippen LogP contribution in [0.5, 0.6) is 5.75 Å². The summed E-state index contributed by atoms with van der Waals surface area (Å²) in [6.45, 7) is -2.96. The van der Waals surface area contributed by atoms with Crippen LogP contribution in [-0.2, 0) is 0 Å². The van der Waals surface area contributed by atoms with E-state index < -0.39 is 12.5 Å². The van der Waals surface area contributed by atoms with Crippen LogP contribution in [-0.4, -0.2) is 12.5 Å². The molecule has 0 fully saturated rings. The zero-order valence-electron chi connectivity index (χ0n) is 6.54. The van der Waals surface area contributed by atoms with E-state index in [0.717, 1.165) is 0 Å². The van der Waals surface area contributed by atoms with E-state index in [9.17, 15) is 13.6 Å². The van der Waals surface area contributed by atoms with Crippen LogP contribution in [0, 0.1) is 0 Å². The van der Waals surface area contributed by atoms with Gasteiger partial charge in [-0.05, 0) is 12.1 Å². The van der Waals surface area contributed by atoms with Crippen LogP contribution in [0.4, 0.5) is 8.78 Å². The summed E-state index contributed by atoms with van der Waals surface area (Å²) in [6.07, 6.45) is 0. The molecule has 0 saturated heterocycles. The largest absolute Gasteiger partial charge is 0.434 e. The molecule has 0 unspecified atom stereocenters. The third-order valence-electron chi connectivity index (χ3n) is 1.37. The molecule has 1 aromatic rings. The van der Waals surface area contributed by atoms with Crippen molar-refractivity contribution in [2.45, 2.75) is 6.61 Å². The van der Waals surface area contributed by atoms with E-state index in [1.165, 1.54) is 24.3 Å². The van der Waals surface area contributed by atoms with Crippen molar-refractivity contribution in [3.05, 3.63) is 29.8 Å². The zero-order valence-corrected chi connectivity index (χ0v) is 6.54. The molecule has 1 aromatic carbocycles. The van der Waals surface area contributed by atoms with Gasteiger partial charge in [-0.2, -0.15) is 8.78 Å². The highest BCUT2D eigenvalue weighted by atomic mass is 19.3. The van der Waals surface area contributed by atoms with E-state index in [0.29, 0.717) is 0 Å². The van der Waals surface area contributed by atoms with Gasteiger partial charge in [-0.15, -0.1) is 0 Å². The van der Waals surface area contributed by atoms with E-state index in [-0.39, 0.29) is 11.3 Å². The van der Waals surface area contributed by atoms with E-state index in [2.05, 4.69) is 4.74 Å². The van der Waals surface area contributed by atoms with Gasteiger partial charge >= 0.3 is 6.61 Å². The molecule has 1 rings (SSSR count). The number of amides is 1. The first-order valence-corrected chi connectivity index (χ1v) is 3.45. The Hall–Kier alpha value is -1.65. The monoisotopic (exact) mass is 187 g/mol. The fourth-order valence-electron chi connectivity index (χ4n) is 0.869. The number of rotatable bonds is 3. The fraction of sp³-hybridized carbons (Fsp3) is 0.125. The quantitative estimate of drug-likeness (QED) is 0.777. The zero-order chi connectivity index (χ0) is 9.84. The molecular weight excluding hydrogens is 180 g/mol. The Morgan fingerprint density at radius 1 is 1.38 bits per heavy atom. The minimum absolute atomic E-state index is 0.0530. The summed E-state index contributed by atoms with van der Waals surface area (Å²) >= 11 is 0. The van der Waals surface area contributed by atoms with Crippen LogP contribution >= 0.6 is 0 Å². The molecule has 70 valence electrons. The summed E-state index contributed by atoms with van der Waals surface area (Å²) in [6, 6.07) is 5.56. The van der Waals surface area contributed by atoms with Crippen LogP contribution in [0.3, 0.4) is 0 Å². The van der Waals surface area contributed by atoms with Crippen molar-refractivity contribution in [2.24, 2.45) is 5.73 Å². The van der Waals surface area contributed by atoms with Gasteiger partial charge in [-0.25, -0.2) is 0 Å². The number of primary amides is 1. The number of carbonyl (C=O) groups is 1. The number of hydrogen-bond donors (Lipinski definition) is 1. The third kappa shape index (κ3) is 2.40. The molecule has 0 aromatic heterocycles. The molecule has 0 aliphatic heterocycles. The summed E-state index contributed by atoms with van der Waals surface area (Å²) in [5.74, 6) is -0.999. The lowest BCUT2D eigenvalue weighted by atomic mass is 10.2. The molecule has 0 aliphatic carbocycles. The molecule has 1 amide bonds. The van der Waals surface area contributed by atoms with Crippen molar-refractivity contribution in [1.82, 2.24) is 0 Å². The second kappa shape index (κ2) is 3.84. The fourth-order valence-corrected chi connectivity index (χ4v) is 0.869. The van der Waals surface area contributed by atoms with Crippen LogP contribution in [0.15, 0.2) is 24.3 Å². The summed E-state index contributed by atoms with van der Waals surface area (Å²) in [5.41, 5.74) is 4.87. The normalized spacial score (nSPS) is 10.1. The molecule has 13 heavy (non-hydrogen) atoms. The van der Waals surface area contributed by atoms with Crippen molar-refractivity contribution < 1.29 is 18.3 Å². The maximum Gasteiger partial charge on any atom is 0.387 e. The lowest BCUT2D eigenvalue weighted by Crippen LogP contribution is -2.14. The highest BCUT2D eigenvalue weighted by Crippen LogP contribution is 2.19. The van der Waals surface area contributed by atoms with Gasteiger partial charge in [0.05, 0.1) is 5.56 Å². The van der Waals surface area contributed by atoms with Crippen molar-refractivity contribution in [2.75, 3.05) is 0 Å². The van der Waals surface area contributed by atoms with Crippen LogP contribution < -0.4 is 10.5 Å². The van der Waals surface area contributed by atoms with Gasteiger partial charge in [0, 0.05) is 0 Å². The van der Waals surface area contributed by atoms with Crippen LogP contribution in [0.2, 0.25) is 0 Å². The van der Waals surface area contributed by atoms with Crippen molar-refractivity contribution in [1.29, 1.82) is 0 Å². The Kier molecular flexibility index (Phi) is 2.79. The lowest BCUT2D eigenvalue weighted by molar-refractivity contribution is -0.0501. The molecule has 3 nitrogen and oxygen atoms in total. The van der Waals surface area contributed by atoms with Gasteiger partial charge < -0.3 is 10.5 Å². The van der Waals surface area contributed by atoms with Crippen molar-refractivity contribution in [3.63, 3.8) is 0 Å². The van der Waals surface area contributed by atoms with Gasteiger partial charge in [0.2, 0.25) is 0 Å². The molecule has 0 atom stereocenters. The van der Waals surface area contributed by atoms with Crippen molar-refractivity contribution >= 4 is 5.91 Å². The SMILES string of the molecule is NC(=O)c1ccccc1OC(F)F. The van der Waals surface area contributed by atoms with Crippen LogP contribution in [0.25, 0.3) is 0 Å². The van der Waals surface area contributed by atoms with Crippen LogP contribution in [0.1, 0.15) is 10.4 Å². The Balaban J connectivity index is 2.98. The molecule has 0 radical (unpaired) electrons. The molecule has 0 bridgehead atoms. The molecule has 2 N–H and O–H groups in total. The van der Waals surface area contributed by atoms with Gasteiger partial charge in [-0.3, -0.25) is 4.79 Å². The molecular formula is C8H7F2NO2. The standard InChI is InChI=1S/C8H7F2NO2/c9-8(10)13-6-4-2-1-3-5(6)7(11)12/h1-4,8H,(H2,11,12). The van der Waals surface area contributed by atoms with Crippen molar-refractivity contribution in [3.8, 4) is 5.75 Å². The van der Waals surface area contributed by atoms with Gasteiger partial charge in [0.25, 0.3) is 5.91 Å². The number of nitrogens with two attached hydrogens (primary N) is 1. The third-order valence-corrected chi connectivity index (χ3v) is 1.37. The second-order valence-corrected chi connectivity index (χ2v) is 2.24. The first-order chi connectivity index (χ1) is 6.11. The van der Waals surface area contributed by atoms with Gasteiger partial charge in [0.15, 0.2) is 0 Å². The first kappa shape index (κ1) is 9.44.